The highest BCUT2D eigenvalue weighted by Crippen LogP contribution is 2.21. The summed E-state index contributed by atoms with van der Waals surface area (Å²) < 4.78 is 0. The van der Waals surface area contributed by atoms with Crippen LogP contribution in [-0.4, -0.2) is 4.98 Å². The van der Waals surface area contributed by atoms with Crippen LogP contribution < -0.4 is 5.73 Å². The van der Waals surface area contributed by atoms with Gasteiger partial charge >= 0.3 is 0 Å². The molecule has 2 nitrogen and oxygen atoms in total. The maximum Gasteiger partial charge on any atom is 0.0735 e. The number of aryl methyl sites for hydroxylation is 2. The van der Waals surface area contributed by atoms with E-state index in [1.165, 1.54) is 11.1 Å². The predicted molar refractivity (Wildman–Crippen MR) is 70.1 cm³/mol. The molecule has 0 radical (unpaired) electrons. The van der Waals surface area contributed by atoms with Gasteiger partial charge in [0, 0.05) is 5.39 Å². The Hall–Kier alpha value is -0.990. The van der Waals surface area contributed by atoms with Crippen LogP contribution >= 0.6 is 24.8 Å². The lowest BCUT2D eigenvalue weighted by Gasteiger charge is -2.04. The number of anilines is 1. The Balaban J connectivity index is 0.000000980. The van der Waals surface area contributed by atoms with Crippen LogP contribution in [0.15, 0.2) is 24.4 Å². The molecule has 0 bridgehead atoms. The number of aromatic nitrogens is 1. The molecule has 0 aliphatic heterocycles. The first-order chi connectivity index (χ1) is 6.18. The van der Waals surface area contributed by atoms with E-state index in [1.807, 2.05) is 6.07 Å². The molecule has 1 aromatic heterocycles. The summed E-state index contributed by atoms with van der Waals surface area (Å²) in [5.74, 6) is 0. The lowest BCUT2D eigenvalue weighted by molar-refractivity contribution is 1.35. The van der Waals surface area contributed by atoms with Gasteiger partial charge in [0.05, 0.1) is 17.4 Å². The largest absolute Gasteiger partial charge is 0.397 e. The van der Waals surface area contributed by atoms with Gasteiger partial charge in [-0.05, 0) is 31.0 Å². The van der Waals surface area contributed by atoms with E-state index in [1.54, 1.807) is 6.20 Å². The summed E-state index contributed by atoms with van der Waals surface area (Å²) in [4.78, 5) is 4.32. The van der Waals surface area contributed by atoms with Crippen molar-refractivity contribution in [2.45, 2.75) is 13.8 Å². The smallest absolute Gasteiger partial charge is 0.0735 e. The highest BCUT2D eigenvalue weighted by molar-refractivity contribution is 5.86. The molecule has 82 valence electrons. The number of halogens is 2. The van der Waals surface area contributed by atoms with Crippen LogP contribution in [0.4, 0.5) is 5.69 Å². The van der Waals surface area contributed by atoms with Crippen molar-refractivity contribution in [1.29, 1.82) is 0 Å². The zero-order chi connectivity index (χ0) is 9.42. The molecule has 1 aromatic carbocycles. The molecule has 0 aliphatic carbocycles. The standard InChI is InChI=1S/C11H12N2.2ClH/c1-7-3-4-8(2)11-10(7)5-9(12)6-13-11;;/h3-6H,12H2,1-2H3;2*1H. The third kappa shape index (κ3) is 2.52. The summed E-state index contributed by atoms with van der Waals surface area (Å²) in [6.07, 6.45) is 1.70. The molecule has 2 aromatic rings. The third-order valence-electron chi connectivity index (χ3n) is 2.29. The number of nitrogen functional groups attached to an aromatic ring is 1. The molecular formula is C11H14Cl2N2. The van der Waals surface area contributed by atoms with Gasteiger partial charge < -0.3 is 5.73 Å². The number of hydrogen-bond donors (Lipinski definition) is 1. The van der Waals surface area contributed by atoms with Gasteiger partial charge in [0.15, 0.2) is 0 Å². The maximum atomic E-state index is 5.68. The molecule has 4 heteroatoms. The number of nitrogens with two attached hydrogens (primary N) is 1. The normalized spacial score (nSPS) is 9.20. The summed E-state index contributed by atoms with van der Waals surface area (Å²) in [5, 5.41) is 1.15. The Morgan fingerprint density at radius 2 is 1.67 bits per heavy atom. The van der Waals surface area contributed by atoms with Gasteiger partial charge in [-0.1, -0.05) is 12.1 Å². The Kier molecular flexibility index (Phi) is 4.85. The van der Waals surface area contributed by atoms with E-state index in [0.29, 0.717) is 0 Å². The number of hydrogen-bond acceptors (Lipinski definition) is 2. The van der Waals surface area contributed by atoms with Crippen molar-refractivity contribution in [3.63, 3.8) is 0 Å². The molecule has 0 amide bonds. The van der Waals surface area contributed by atoms with Crippen LogP contribution in [0.2, 0.25) is 0 Å². The van der Waals surface area contributed by atoms with Crippen molar-refractivity contribution >= 4 is 41.4 Å². The lowest BCUT2D eigenvalue weighted by atomic mass is 10.1. The van der Waals surface area contributed by atoms with Crippen LogP contribution in [0.5, 0.6) is 0 Å². The number of benzene rings is 1. The Bertz CT molecular complexity index is 469. The van der Waals surface area contributed by atoms with Crippen molar-refractivity contribution < 1.29 is 0 Å². The van der Waals surface area contributed by atoms with Crippen LogP contribution in [0.25, 0.3) is 10.9 Å². The molecule has 2 N–H and O–H groups in total. The minimum Gasteiger partial charge on any atom is -0.397 e. The quantitative estimate of drug-likeness (QED) is 0.773. The molecule has 2 rings (SSSR count). The lowest BCUT2D eigenvalue weighted by Crippen LogP contribution is -1.90. The fourth-order valence-electron chi connectivity index (χ4n) is 1.51. The molecule has 0 aliphatic rings. The van der Waals surface area contributed by atoms with Gasteiger partial charge in [0.2, 0.25) is 0 Å². The van der Waals surface area contributed by atoms with Crippen LogP contribution in [0.3, 0.4) is 0 Å². The van der Waals surface area contributed by atoms with Crippen molar-refractivity contribution in [3.05, 3.63) is 35.5 Å². The number of pyridine rings is 1. The highest BCUT2D eigenvalue weighted by Gasteiger charge is 2.01. The van der Waals surface area contributed by atoms with Gasteiger partial charge in [-0.2, -0.15) is 0 Å². The summed E-state index contributed by atoms with van der Waals surface area (Å²) in [7, 11) is 0. The Morgan fingerprint density at radius 3 is 2.33 bits per heavy atom. The van der Waals surface area contributed by atoms with Crippen molar-refractivity contribution in [1.82, 2.24) is 4.98 Å². The van der Waals surface area contributed by atoms with Crippen LogP contribution in [0, 0.1) is 13.8 Å². The summed E-state index contributed by atoms with van der Waals surface area (Å²) >= 11 is 0. The molecule has 0 fully saturated rings. The minimum absolute atomic E-state index is 0. The average Bonchev–Trinajstić information content (AvgIpc) is 2.12. The van der Waals surface area contributed by atoms with E-state index in [0.717, 1.165) is 16.6 Å². The van der Waals surface area contributed by atoms with E-state index in [-0.39, 0.29) is 24.8 Å². The first-order valence-electron chi connectivity index (χ1n) is 4.30. The summed E-state index contributed by atoms with van der Waals surface area (Å²) in [5.41, 5.74) is 9.87. The Morgan fingerprint density at radius 1 is 1.07 bits per heavy atom. The van der Waals surface area contributed by atoms with E-state index in [9.17, 15) is 0 Å². The van der Waals surface area contributed by atoms with Crippen molar-refractivity contribution in [3.8, 4) is 0 Å². The second-order valence-electron chi connectivity index (χ2n) is 3.36. The van der Waals surface area contributed by atoms with Gasteiger partial charge in [-0.15, -0.1) is 24.8 Å². The van der Waals surface area contributed by atoms with E-state index >= 15 is 0 Å². The zero-order valence-electron chi connectivity index (χ0n) is 8.65. The van der Waals surface area contributed by atoms with Crippen molar-refractivity contribution in [2.24, 2.45) is 0 Å². The van der Waals surface area contributed by atoms with Crippen LogP contribution in [-0.2, 0) is 0 Å². The fourth-order valence-corrected chi connectivity index (χ4v) is 1.51. The van der Waals surface area contributed by atoms with Gasteiger partial charge in [0.25, 0.3) is 0 Å². The number of fused-ring (bicyclic) bond motifs is 1. The monoisotopic (exact) mass is 244 g/mol. The summed E-state index contributed by atoms with van der Waals surface area (Å²) in [6, 6.07) is 6.16. The van der Waals surface area contributed by atoms with Gasteiger partial charge in [-0.3, -0.25) is 4.98 Å². The topological polar surface area (TPSA) is 38.9 Å². The Labute approximate surface area is 102 Å². The molecule has 0 unspecified atom stereocenters. The fraction of sp³-hybridized carbons (Fsp3) is 0.182. The average molecular weight is 245 g/mol. The van der Waals surface area contributed by atoms with E-state index in [4.69, 9.17) is 5.73 Å². The summed E-state index contributed by atoms with van der Waals surface area (Å²) in [6.45, 7) is 4.13. The van der Waals surface area contributed by atoms with Gasteiger partial charge in [-0.25, -0.2) is 0 Å². The van der Waals surface area contributed by atoms with Gasteiger partial charge in [0.1, 0.15) is 0 Å². The molecule has 0 saturated heterocycles. The highest BCUT2D eigenvalue weighted by atomic mass is 35.5. The maximum absolute atomic E-state index is 5.68. The third-order valence-corrected chi connectivity index (χ3v) is 2.29. The van der Waals surface area contributed by atoms with Crippen molar-refractivity contribution in [2.75, 3.05) is 5.73 Å². The molecule has 0 saturated carbocycles. The molecule has 15 heavy (non-hydrogen) atoms. The molecule has 1 heterocycles. The molecule has 0 atom stereocenters. The minimum atomic E-state index is 0. The zero-order valence-corrected chi connectivity index (χ0v) is 10.3. The molecule has 0 spiro atoms. The predicted octanol–water partition coefficient (Wildman–Crippen LogP) is 3.28. The molecular weight excluding hydrogens is 231 g/mol. The second-order valence-corrected chi connectivity index (χ2v) is 3.36. The van der Waals surface area contributed by atoms with E-state index in [2.05, 4.69) is 31.0 Å². The SMILES string of the molecule is Cc1ccc(C)c2ncc(N)cc12.Cl.Cl. The first kappa shape index (κ1) is 14.0. The second kappa shape index (κ2) is 5.19. The number of rotatable bonds is 0. The van der Waals surface area contributed by atoms with Crippen LogP contribution in [0.1, 0.15) is 11.1 Å². The first-order valence-corrected chi connectivity index (χ1v) is 4.30. The van der Waals surface area contributed by atoms with E-state index < -0.39 is 0 Å². The number of nitrogens with zero attached hydrogens (tertiary/aromatic N) is 1.